The fourth-order valence-electron chi connectivity index (χ4n) is 1.90. The smallest absolute Gasteiger partial charge is 0.270 e. The molecule has 1 aromatic carbocycles. The first-order valence-corrected chi connectivity index (χ1v) is 6.18. The summed E-state index contributed by atoms with van der Waals surface area (Å²) in [4.78, 5) is 10.9. The topological polar surface area (TPSA) is 88.9 Å². The molecule has 0 spiro atoms. The van der Waals surface area contributed by atoms with Crippen LogP contribution in [0, 0.1) is 10.1 Å². The fourth-order valence-corrected chi connectivity index (χ4v) is 3.18. The van der Waals surface area contributed by atoms with Crippen LogP contribution in [0.5, 0.6) is 0 Å². The first kappa shape index (κ1) is 10.2. The number of H-pyrrole nitrogens is 1. The highest BCUT2D eigenvalue weighted by Crippen LogP contribution is 2.36. The highest BCUT2D eigenvalue weighted by Gasteiger charge is 2.25. The van der Waals surface area contributed by atoms with Crippen LogP contribution in [0.15, 0.2) is 29.3 Å². The maximum absolute atomic E-state index is 11.9. The van der Waals surface area contributed by atoms with Crippen molar-refractivity contribution in [3.8, 4) is 11.3 Å². The van der Waals surface area contributed by atoms with Crippen molar-refractivity contribution in [1.29, 1.82) is 0 Å². The summed E-state index contributed by atoms with van der Waals surface area (Å²) in [6.45, 7) is 0. The van der Waals surface area contributed by atoms with Crippen molar-refractivity contribution in [2.45, 2.75) is 10.6 Å². The second kappa shape index (κ2) is 3.49. The molecule has 17 heavy (non-hydrogen) atoms. The molecule has 2 heterocycles. The third-order valence-electron chi connectivity index (χ3n) is 2.69. The standard InChI is InChI=1S/C10H7N3O3S/c14-13(15)7-1-2-9-8(3-7)10-6(4-11-12-10)5-17(9)16/h1-4H,5H2,(H,11,12). The van der Waals surface area contributed by atoms with Crippen molar-refractivity contribution in [2.24, 2.45) is 0 Å². The maximum atomic E-state index is 11.9. The van der Waals surface area contributed by atoms with Gasteiger partial charge in [-0.3, -0.25) is 19.4 Å². The molecule has 0 bridgehead atoms. The van der Waals surface area contributed by atoms with Crippen LogP contribution in [0.1, 0.15) is 5.56 Å². The average Bonchev–Trinajstić information content (AvgIpc) is 2.76. The minimum Gasteiger partial charge on any atom is -0.277 e. The van der Waals surface area contributed by atoms with Crippen LogP contribution in [0.25, 0.3) is 11.3 Å². The Bertz CT molecular complexity index is 650. The number of nitrogens with zero attached hydrogens (tertiary/aromatic N) is 2. The molecule has 0 amide bonds. The Kier molecular flexibility index (Phi) is 2.08. The molecular formula is C10H7N3O3S. The van der Waals surface area contributed by atoms with Gasteiger partial charge in [-0.2, -0.15) is 5.10 Å². The fraction of sp³-hybridized carbons (Fsp3) is 0.100. The van der Waals surface area contributed by atoms with E-state index in [0.29, 0.717) is 16.2 Å². The third kappa shape index (κ3) is 1.47. The number of nitrogens with one attached hydrogen (secondary N) is 1. The molecule has 1 N–H and O–H groups in total. The zero-order chi connectivity index (χ0) is 12.0. The SMILES string of the molecule is O=[N+]([O-])c1ccc2c(c1)-c1[nH]ncc1CS2=O. The van der Waals surface area contributed by atoms with Gasteiger partial charge >= 0.3 is 0 Å². The van der Waals surface area contributed by atoms with E-state index in [4.69, 9.17) is 0 Å². The van der Waals surface area contributed by atoms with Gasteiger partial charge in [0.2, 0.25) is 0 Å². The minimum atomic E-state index is -1.16. The van der Waals surface area contributed by atoms with Crippen LogP contribution >= 0.6 is 0 Å². The van der Waals surface area contributed by atoms with Gasteiger partial charge in [0.15, 0.2) is 0 Å². The van der Waals surface area contributed by atoms with Crippen molar-refractivity contribution in [3.05, 3.63) is 40.1 Å². The molecule has 0 saturated heterocycles. The third-order valence-corrected chi connectivity index (χ3v) is 4.11. The van der Waals surface area contributed by atoms with E-state index in [1.54, 1.807) is 12.3 Å². The number of rotatable bonds is 1. The Morgan fingerprint density at radius 2 is 2.29 bits per heavy atom. The highest BCUT2D eigenvalue weighted by molar-refractivity contribution is 7.84. The number of nitro benzene ring substituents is 1. The molecule has 86 valence electrons. The van der Waals surface area contributed by atoms with Crippen LogP contribution in [-0.2, 0) is 16.6 Å². The molecular weight excluding hydrogens is 242 g/mol. The Morgan fingerprint density at radius 1 is 1.47 bits per heavy atom. The maximum Gasteiger partial charge on any atom is 0.270 e. The molecule has 1 aliphatic rings. The van der Waals surface area contributed by atoms with Gasteiger partial charge < -0.3 is 0 Å². The quantitative estimate of drug-likeness (QED) is 0.614. The molecule has 1 aliphatic heterocycles. The number of aromatic nitrogens is 2. The summed E-state index contributed by atoms with van der Waals surface area (Å²) in [6, 6.07) is 4.36. The molecule has 7 heteroatoms. The van der Waals surface area contributed by atoms with Gasteiger partial charge in [0.05, 0.1) is 33.4 Å². The van der Waals surface area contributed by atoms with E-state index in [1.807, 2.05) is 0 Å². The molecule has 0 radical (unpaired) electrons. The molecule has 1 aromatic heterocycles. The Balaban J connectivity index is 2.28. The van der Waals surface area contributed by atoms with Gasteiger partial charge in [-0.05, 0) is 6.07 Å². The summed E-state index contributed by atoms with van der Waals surface area (Å²) in [5, 5.41) is 17.4. The number of non-ortho nitro benzene ring substituents is 1. The summed E-state index contributed by atoms with van der Waals surface area (Å²) in [6.07, 6.45) is 1.61. The number of hydrogen-bond donors (Lipinski definition) is 1. The first-order valence-electron chi connectivity index (χ1n) is 4.86. The summed E-state index contributed by atoms with van der Waals surface area (Å²) < 4.78 is 11.9. The van der Waals surface area contributed by atoms with Crippen molar-refractivity contribution in [2.75, 3.05) is 0 Å². The van der Waals surface area contributed by atoms with Gasteiger partial charge in [-0.15, -0.1) is 0 Å². The lowest BCUT2D eigenvalue weighted by molar-refractivity contribution is -0.384. The molecule has 0 aliphatic carbocycles. The Labute approximate surface area is 98.3 Å². The predicted octanol–water partition coefficient (Wildman–Crippen LogP) is 1.61. The van der Waals surface area contributed by atoms with Crippen LogP contribution in [0.4, 0.5) is 5.69 Å². The van der Waals surface area contributed by atoms with Crippen LogP contribution in [-0.4, -0.2) is 19.3 Å². The number of fused-ring (bicyclic) bond motifs is 3. The lowest BCUT2D eigenvalue weighted by Gasteiger charge is -2.14. The monoisotopic (exact) mass is 249 g/mol. The van der Waals surface area contributed by atoms with Gasteiger partial charge in [-0.1, -0.05) is 0 Å². The van der Waals surface area contributed by atoms with Crippen LogP contribution in [0.3, 0.4) is 0 Å². The zero-order valence-electron chi connectivity index (χ0n) is 8.54. The number of nitro groups is 1. The lowest BCUT2D eigenvalue weighted by Crippen LogP contribution is -2.06. The molecule has 0 fully saturated rings. The number of benzene rings is 1. The second-order valence-electron chi connectivity index (χ2n) is 3.70. The van der Waals surface area contributed by atoms with Crippen LogP contribution < -0.4 is 0 Å². The van der Waals surface area contributed by atoms with Gasteiger partial charge in [0, 0.05) is 28.2 Å². The number of hydrogen-bond acceptors (Lipinski definition) is 4. The number of aromatic amines is 1. The first-order chi connectivity index (χ1) is 8.16. The van der Waals surface area contributed by atoms with Crippen molar-refractivity contribution in [1.82, 2.24) is 10.2 Å². The van der Waals surface area contributed by atoms with Crippen molar-refractivity contribution < 1.29 is 9.13 Å². The van der Waals surface area contributed by atoms with Crippen molar-refractivity contribution >= 4 is 16.5 Å². The Morgan fingerprint density at radius 3 is 3.06 bits per heavy atom. The van der Waals surface area contributed by atoms with E-state index in [0.717, 1.165) is 11.3 Å². The largest absolute Gasteiger partial charge is 0.277 e. The van der Waals surface area contributed by atoms with E-state index in [2.05, 4.69) is 10.2 Å². The molecule has 0 saturated carbocycles. The van der Waals surface area contributed by atoms with Gasteiger partial charge in [0.25, 0.3) is 5.69 Å². The molecule has 2 aromatic rings. The van der Waals surface area contributed by atoms with Gasteiger partial charge in [0.1, 0.15) is 0 Å². The summed E-state index contributed by atoms with van der Waals surface area (Å²) in [5.41, 5.74) is 2.15. The summed E-state index contributed by atoms with van der Waals surface area (Å²) >= 11 is 0. The average molecular weight is 249 g/mol. The molecule has 1 unspecified atom stereocenters. The zero-order valence-corrected chi connectivity index (χ0v) is 9.36. The summed E-state index contributed by atoms with van der Waals surface area (Å²) in [5.74, 6) is 0.399. The predicted molar refractivity (Wildman–Crippen MR) is 60.8 cm³/mol. The van der Waals surface area contributed by atoms with Crippen LogP contribution in [0.2, 0.25) is 0 Å². The molecule has 3 rings (SSSR count). The van der Waals surface area contributed by atoms with E-state index >= 15 is 0 Å². The van der Waals surface area contributed by atoms with E-state index in [9.17, 15) is 14.3 Å². The Hall–Kier alpha value is -2.02. The highest BCUT2D eigenvalue weighted by atomic mass is 32.2. The van der Waals surface area contributed by atoms with Crippen molar-refractivity contribution in [3.63, 3.8) is 0 Å². The van der Waals surface area contributed by atoms with E-state index in [-0.39, 0.29) is 5.69 Å². The van der Waals surface area contributed by atoms with E-state index in [1.165, 1.54) is 12.1 Å². The molecule has 6 nitrogen and oxygen atoms in total. The minimum absolute atomic E-state index is 0.0109. The molecule has 1 atom stereocenters. The lowest BCUT2D eigenvalue weighted by atomic mass is 10.1. The van der Waals surface area contributed by atoms with Gasteiger partial charge in [-0.25, -0.2) is 0 Å². The summed E-state index contributed by atoms with van der Waals surface area (Å²) in [7, 11) is -1.16. The normalized spacial score (nSPS) is 17.3. The second-order valence-corrected chi connectivity index (χ2v) is 5.12. The van der Waals surface area contributed by atoms with E-state index < -0.39 is 15.7 Å².